The van der Waals surface area contributed by atoms with Gasteiger partial charge in [0.15, 0.2) is 0 Å². The molecule has 1 saturated carbocycles. The average molecular weight is 390 g/mol. The lowest BCUT2D eigenvalue weighted by Gasteiger charge is -2.56. The smallest absolute Gasteiger partial charge is 0.334 e. The van der Waals surface area contributed by atoms with Crippen LogP contribution in [-0.4, -0.2) is 38.2 Å². The van der Waals surface area contributed by atoms with Gasteiger partial charge < -0.3 is 9.47 Å². The summed E-state index contributed by atoms with van der Waals surface area (Å²) in [6, 6.07) is 8.72. The van der Waals surface area contributed by atoms with E-state index in [-0.39, 0.29) is 35.8 Å². The number of esters is 2. The molecule has 5 aliphatic rings. The topological polar surface area (TPSA) is 104 Å². The second-order valence-electron chi connectivity index (χ2n) is 7.59. The van der Waals surface area contributed by atoms with Crippen LogP contribution in [-0.2, 0) is 19.1 Å². The Labute approximate surface area is 167 Å². The van der Waals surface area contributed by atoms with Gasteiger partial charge in [0.05, 0.1) is 48.7 Å². The molecule has 6 atom stereocenters. The van der Waals surface area contributed by atoms with Gasteiger partial charge in [-0.2, -0.15) is 10.4 Å². The summed E-state index contributed by atoms with van der Waals surface area (Å²) in [5.41, 5.74) is 2.09. The van der Waals surface area contributed by atoms with Gasteiger partial charge in [-0.3, -0.25) is 0 Å². The van der Waals surface area contributed by atoms with E-state index in [0.717, 1.165) is 5.69 Å². The van der Waals surface area contributed by atoms with E-state index in [1.165, 1.54) is 14.2 Å². The van der Waals surface area contributed by atoms with E-state index >= 15 is 0 Å². The van der Waals surface area contributed by atoms with Gasteiger partial charge in [-0.15, -0.1) is 0 Å². The third-order valence-electron chi connectivity index (χ3n) is 6.51. The van der Waals surface area contributed by atoms with Gasteiger partial charge in [0, 0.05) is 11.8 Å². The molecule has 0 spiro atoms. The van der Waals surface area contributed by atoms with Gasteiger partial charge in [0.25, 0.3) is 0 Å². The van der Waals surface area contributed by atoms with Crippen LogP contribution in [0.1, 0.15) is 5.56 Å². The predicted octanol–water partition coefficient (Wildman–Crippen LogP) is 2.19. The maximum atomic E-state index is 12.8. The van der Waals surface area contributed by atoms with E-state index in [4.69, 9.17) is 14.7 Å². The number of hydrogen-bond donors (Lipinski definition) is 0. The number of carbonyl (C=O) groups is 2. The number of hydrogen-bond acceptors (Lipinski definition) is 8. The molecule has 1 aromatic carbocycles. The first kappa shape index (κ1) is 17.6. The van der Waals surface area contributed by atoms with Crippen molar-refractivity contribution in [2.24, 2.45) is 34.0 Å². The molecule has 0 radical (unpaired) electrons. The number of allylic oxidation sites excluding steroid dienone is 2. The van der Waals surface area contributed by atoms with Gasteiger partial charge >= 0.3 is 11.9 Å². The van der Waals surface area contributed by atoms with Crippen molar-refractivity contribution in [3.63, 3.8) is 0 Å². The fourth-order valence-electron chi connectivity index (χ4n) is 5.29. The van der Waals surface area contributed by atoms with E-state index in [0.29, 0.717) is 16.7 Å². The lowest BCUT2D eigenvalue weighted by molar-refractivity contribution is -0.142. The average Bonchev–Trinajstić information content (AvgIpc) is 3.18. The number of nitriles is 1. The Hall–Kier alpha value is -3.47. The van der Waals surface area contributed by atoms with Crippen LogP contribution in [0, 0.1) is 35.0 Å². The molecule has 0 aromatic heterocycles. The molecule has 1 aromatic rings. The molecule has 0 saturated heterocycles. The minimum absolute atomic E-state index is 0.119. The maximum Gasteiger partial charge on any atom is 0.334 e. The molecule has 0 amide bonds. The molecule has 8 heteroatoms. The minimum atomic E-state index is -0.510. The molecule has 1 aliphatic heterocycles. The molecular weight excluding hydrogens is 372 g/mol. The van der Waals surface area contributed by atoms with Crippen LogP contribution in [0.3, 0.4) is 0 Å². The van der Waals surface area contributed by atoms with Gasteiger partial charge in [-0.05, 0) is 36.1 Å². The van der Waals surface area contributed by atoms with Crippen molar-refractivity contribution in [1.82, 2.24) is 0 Å². The molecule has 2 bridgehead atoms. The molecule has 1 heterocycles. The number of rotatable bonds is 3. The van der Waals surface area contributed by atoms with E-state index in [1.54, 1.807) is 12.1 Å². The van der Waals surface area contributed by atoms with E-state index < -0.39 is 11.9 Å². The van der Waals surface area contributed by atoms with Crippen LogP contribution in [0.5, 0.6) is 0 Å². The zero-order valence-electron chi connectivity index (χ0n) is 15.9. The van der Waals surface area contributed by atoms with Crippen LogP contribution >= 0.6 is 0 Å². The summed E-state index contributed by atoms with van der Waals surface area (Å²) in [6.45, 7) is 0. The molecule has 4 aliphatic carbocycles. The molecule has 0 N–H and O–H groups in total. The van der Waals surface area contributed by atoms with Crippen LogP contribution in [0.25, 0.3) is 0 Å². The van der Waals surface area contributed by atoms with Crippen molar-refractivity contribution in [3.8, 4) is 6.07 Å². The molecule has 6 rings (SSSR count). The number of anilines is 1. The molecular formula is C21H18N4O4. The highest BCUT2D eigenvalue weighted by Crippen LogP contribution is 2.60. The standard InChI is InChI=1S/C21H18N4O4/c1-28-20(26)16-14-12-7-8-13(12)15(17(16)21(27)29-2)19-18(14)23-24-25(19)11-5-3-10(9-22)4-6-11/h3-8,12-15,18-19H,1-2H3. The van der Waals surface area contributed by atoms with Crippen LogP contribution in [0.2, 0.25) is 0 Å². The lowest BCUT2D eigenvalue weighted by atomic mass is 9.49. The van der Waals surface area contributed by atoms with Crippen molar-refractivity contribution in [2.75, 3.05) is 19.2 Å². The van der Waals surface area contributed by atoms with Gasteiger partial charge in [0.1, 0.15) is 6.04 Å². The fraction of sp³-hybridized carbons (Fsp3) is 0.381. The van der Waals surface area contributed by atoms with Gasteiger partial charge in [-0.1, -0.05) is 17.4 Å². The lowest BCUT2D eigenvalue weighted by Crippen LogP contribution is -2.62. The normalized spacial score (nSPS) is 32.9. The molecule has 146 valence electrons. The Bertz CT molecular complexity index is 1040. The summed E-state index contributed by atoms with van der Waals surface area (Å²) < 4.78 is 10.1. The largest absolute Gasteiger partial charge is 0.466 e. The number of nitrogens with zero attached hydrogens (tertiary/aromatic N) is 4. The first-order valence-corrected chi connectivity index (χ1v) is 9.40. The number of ether oxygens (including phenoxy) is 2. The Balaban J connectivity index is 1.63. The summed E-state index contributed by atoms with van der Waals surface area (Å²) in [5.74, 6) is -1.34. The highest BCUT2D eigenvalue weighted by Gasteiger charge is 2.64. The van der Waals surface area contributed by atoms with Crippen LogP contribution < -0.4 is 5.01 Å². The minimum Gasteiger partial charge on any atom is -0.466 e. The second-order valence-corrected chi connectivity index (χ2v) is 7.59. The Morgan fingerprint density at radius 2 is 1.59 bits per heavy atom. The van der Waals surface area contributed by atoms with Crippen molar-refractivity contribution < 1.29 is 19.1 Å². The van der Waals surface area contributed by atoms with Crippen molar-refractivity contribution in [2.45, 2.75) is 12.1 Å². The van der Waals surface area contributed by atoms with Crippen molar-refractivity contribution >= 4 is 17.6 Å². The van der Waals surface area contributed by atoms with Crippen molar-refractivity contribution in [1.29, 1.82) is 5.26 Å². The SMILES string of the molecule is COC(=O)C1=C(C(=O)OC)C2C3C=CC3C1C1N=NN(c3ccc(C#N)cc3)C12. The highest BCUT2D eigenvalue weighted by atomic mass is 16.5. The third kappa shape index (κ3) is 2.24. The molecule has 8 nitrogen and oxygen atoms in total. The summed E-state index contributed by atoms with van der Waals surface area (Å²) in [4.78, 5) is 25.4. The van der Waals surface area contributed by atoms with E-state index in [1.807, 2.05) is 17.1 Å². The first-order chi connectivity index (χ1) is 14.1. The van der Waals surface area contributed by atoms with Gasteiger partial charge in [0.2, 0.25) is 0 Å². The zero-order chi connectivity index (χ0) is 20.3. The second kappa shape index (κ2) is 6.27. The van der Waals surface area contributed by atoms with E-state index in [9.17, 15) is 9.59 Å². The van der Waals surface area contributed by atoms with Crippen molar-refractivity contribution in [3.05, 3.63) is 53.1 Å². The maximum absolute atomic E-state index is 12.8. The molecule has 6 unspecified atom stereocenters. The van der Waals surface area contributed by atoms with Crippen LogP contribution in [0.15, 0.2) is 57.9 Å². The summed E-state index contributed by atoms with van der Waals surface area (Å²) in [7, 11) is 2.64. The fourth-order valence-corrected chi connectivity index (χ4v) is 5.29. The van der Waals surface area contributed by atoms with Crippen LogP contribution in [0.4, 0.5) is 5.69 Å². The Morgan fingerprint density at radius 1 is 1.00 bits per heavy atom. The Kier molecular flexibility index (Phi) is 3.81. The molecule has 1 fully saturated rings. The monoisotopic (exact) mass is 390 g/mol. The Morgan fingerprint density at radius 3 is 2.14 bits per heavy atom. The number of methoxy groups -OCH3 is 2. The zero-order valence-corrected chi connectivity index (χ0v) is 15.9. The first-order valence-electron chi connectivity index (χ1n) is 9.40. The summed E-state index contributed by atoms with van der Waals surface area (Å²) >= 11 is 0. The summed E-state index contributed by atoms with van der Waals surface area (Å²) in [5, 5.41) is 19.8. The van der Waals surface area contributed by atoms with E-state index in [2.05, 4.69) is 28.6 Å². The quantitative estimate of drug-likeness (QED) is 0.579. The number of carbonyl (C=O) groups excluding carboxylic acids is 2. The third-order valence-corrected chi connectivity index (χ3v) is 6.51. The summed E-state index contributed by atoms with van der Waals surface area (Å²) in [6.07, 6.45) is 4.17. The highest BCUT2D eigenvalue weighted by molar-refractivity contribution is 6.02. The molecule has 29 heavy (non-hydrogen) atoms. The number of benzene rings is 1. The van der Waals surface area contributed by atoms with Gasteiger partial charge in [-0.25, -0.2) is 14.6 Å². The predicted molar refractivity (Wildman–Crippen MR) is 100 cm³/mol.